The fourth-order valence-corrected chi connectivity index (χ4v) is 8.85. The molecule has 0 aromatic heterocycles. The summed E-state index contributed by atoms with van der Waals surface area (Å²) >= 11 is 6.53. The minimum absolute atomic E-state index is 0.0294. The van der Waals surface area contributed by atoms with E-state index in [0.717, 1.165) is 60.3 Å². The molecule has 2 N–H and O–H groups in total. The molecule has 2 unspecified atom stereocenters. The second-order valence-electron chi connectivity index (χ2n) is 14.4. The number of likely N-dealkylation sites (tertiary alicyclic amines) is 3. The number of urea groups is 1. The van der Waals surface area contributed by atoms with E-state index in [-0.39, 0.29) is 24.5 Å². The van der Waals surface area contributed by atoms with Crippen LogP contribution in [-0.2, 0) is 17.6 Å². The van der Waals surface area contributed by atoms with Crippen LogP contribution in [0.3, 0.4) is 0 Å². The van der Waals surface area contributed by atoms with Crippen molar-refractivity contribution in [3.63, 3.8) is 0 Å². The maximum absolute atomic E-state index is 14.7. The van der Waals surface area contributed by atoms with Gasteiger partial charge in [-0.1, -0.05) is 41.9 Å². The number of para-hydroxylation sites is 1. The highest BCUT2D eigenvalue weighted by atomic mass is 35.5. The van der Waals surface area contributed by atoms with Gasteiger partial charge in [-0.15, -0.1) is 0 Å². The average molecular weight is 664 g/mol. The summed E-state index contributed by atoms with van der Waals surface area (Å²) in [6.07, 6.45) is 5.52. The second-order valence-corrected chi connectivity index (χ2v) is 14.8. The number of fused-ring (bicyclic) bond motifs is 1. The Bertz CT molecular complexity index is 1450. The Morgan fingerprint density at radius 3 is 2.23 bits per heavy atom. The van der Waals surface area contributed by atoms with Crippen LogP contribution in [0, 0.1) is 31.6 Å². The van der Waals surface area contributed by atoms with Gasteiger partial charge in [0, 0.05) is 49.0 Å². The standard InChI is InChI=1S/C37H50ClN5O4/c1-24-20-26(21-25(2)34(24)38)22-31(35(44)41-16-10-28(11-17-41)27-8-14-40(3)15-9-27)33-23-30(13-19-43(33)37(46)47)42-18-12-29-6-4-5-7-32(29)39-36(42)45/h4-7,20-21,27-28,30-31,33H,8-19,22-23H2,1-3H3,(H,39,45)(H,46,47)/t30?,31?,33-/m1/s1. The maximum Gasteiger partial charge on any atom is 0.407 e. The number of carbonyl (C=O) groups is 3. The second kappa shape index (κ2) is 14.4. The fraction of sp³-hybridized carbons (Fsp3) is 0.595. The zero-order valence-electron chi connectivity index (χ0n) is 28.1. The topological polar surface area (TPSA) is 96.4 Å². The molecular weight excluding hydrogens is 614 g/mol. The molecule has 4 aliphatic heterocycles. The van der Waals surface area contributed by atoms with Crippen LogP contribution in [0.2, 0.25) is 5.02 Å². The summed E-state index contributed by atoms with van der Waals surface area (Å²) in [6, 6.07) is 11.0. The maximum atomic E-state index is 14.7. The molecule has 2 aromatic rings. The Hall–Kier alpha value is -3.30. The highest BCUT2D eigenvalue weighted by Gasteiger charge is 2.44. The van der Waals surface area contributed by atoms with E-state index in [2.05, 4.69) is 17.3 Å². The third kappa shape index (κ3) is 7.41. The first-order chi connectivity index (χ1) is 22.6. The van der Waals surface area contributed by atoms with E-state index in [1.165, 1.54) is 17.7 Å². The molecule has 0 aliphatic carbocycles. The summed E-state index contributed by atoms with van der Waals surface area (Å²) in [6.45, 7) is 8.47. The number of nitrogens with zero attached hydrogens (tertiary/aromatic N) is 4. The highest BCUT2D eigenvalue weighted by molar-refractivity contribution is 6.32. The van der Waals surface area contributed by atoms with Crippen molar-refractivity contribution in [1.82, 2.24) is 19.6 Å². The Kier molecular flexibility index (Phi) is 10.3. The lowest BCUT2D eigenvalue weighted by atomic mass is 9.78. The van der Waals surface area contributed by atoms with Crippen molar-refractivity contribution in [2.45, 2.75) is 77.3 Å². The lowest BCUT2D eigenvalue weighted by Gasteiger charge is -2.46. The molecule has 0 radical (unpaired) electrons. The van der Waals surface area contributed by atoms with Gasteiger partial charge in [-0.2, -0.15) is 0 Å². The molecule has 254 valence electrons. The smallest absolute Gasteiger partial charge is 0.407 e. The Labute approximate surface area is 284 Å². The summed E-state index contributed by atoms with van der Waals surface area (Å²) in [5, 5.41) is 14.2. The van der Waals surface area contributed by atoms with Gasteiger partial charge in [-0.3, -0.25) is 4.79 Å². The van der Waals surface area contributed by atoms with E-state index in [1.807, 2.05) is 60.0 Å². The van der Waals surface area contributed by atoms with Crippen molar-refractivity contribution >= 4 is 35.3 Å². The monoisotopic (exact) mass is 663 g/mol. The quantitative estimate of drug-likeness (QED) is 0.378. The van der Waals surface area contributed by atoms with E-state index in [9.17, 15) is 19.5 Å². The van der Waals surface area contributed by atoms with Crippen LogP contribution < -0.4 is 5.32 Å². The zero-order valence-corrected chi connectivity index (χ0v) is 28.8. The molecule has 10 heteroatoms. The molecule has 2 aromatic carbocycles. The molecule has 3 fully saturated rings. The third-order valence-corrected chi connectivity index (χ3v) is 12.1. The van der Waals surface area contributed by atoms with Gasteiger partial charge in [-0.25, -0.2) is 9.59 Å². The number of carbonyl (C=O) groups excluding carboxylic acids is 2. The first kappa shape index (κ1) is 33.6. The number of anilines is 1. The molecule has 0 spiro atoms. The van der Waals surface area contributed by atoms with Crippen molar-refractivity contribution in [3.8, 4) is 0 Å². The largest absolute Gasteiger partial charge is 0.465 e. The van der Waals surface area contributed by atoms with Crippen molar-refractivity contribution in [1.29, 1.82) is 0 Å². The van der Waals surface area contributed by atoms with Crippen LogP contribution in [0.5, 0.6) is 0 Å². The van der Waals surface area contributed by atoms with Crippen LogP contribution in [0.1, 0.15) is 60.8 Å². The molecule has 6 rings (SSSR count). The number of amides is 4. The van der Waals surface area contributed by atoms with Gasteiger partial charge in [0.05, 0.1) is 5.92 Å². The molecule has 3 atom stereocenters. The molecule has 4 aliphatic rings. The van der Waals surface area contributed by atoms with Gasteiger partial charge in [0.15, 0.2) is 0 Å². The number of rotatable bonds is 6. The lowest BCUT2D eigenvalue weighted by Crippen LogP contribution is -2.59. The van der Waals surface area contributed by atoms with Gasteiger partial charge in [0.2, 0.25) is 5.91 Å². The van der Waals surface area contributed by atoms with E-state index >= 15 is 0 Å². The Morgan fingerprint density at radius 2 is 1.57 bits per heavy atom. The van der Waals surface area contributed by atoms with E-state index in [1.54, 1.807) is 0 Å². The number of aryl methyl sites for hydroxylation is 2. The van der Waals surface area contributed by atoms with Crippen LogP contribution in [0.25, 0.3) is 0 Å². The Balaban J connectivity index is 1.25. The summed E-state index contributed by atoms with van der Waals surface area (Å²) < 4.78 is 0. The summed E-state index contributed by atoms with van der Waals surface area (Å²) in [5.41, 5.74) is 4.80. The van der Waals surface area contributed by atoms with E-state index in [0.29, 0.717) is 55.8 Å². The lowest BCUT2D eigenvalue weighted by molar-refractivity contribution is -0.140. The van der Waals surface area contributed by atoms with Crippen molar-refractivity contribution in [3.05, 3.63) is 63.7 Å². The number of piperidine rings is 3. The zero-order chi connectivity index (χ0) is 33.2. The van der Waals surface area contributed by atoms with Crippen molar-refractivity contribution in [2.75, 3.05) is 51.6 Å². The average Bonchev–Trinajstić information content (AvgIpc) is 3.24. The van der Waals surface area contributed by atoms with Gasteiger partial charge < -0.3 is 30.0 Å². The van der Waals surface area contributed by atoms with Crippen LogP contribution >= 0.6 is 11.6 Å². The van der Waals surface area contributed by atoms with Crippen LogP contribution in [-0.4, -0.2) is 101 Å². The van der Waals surface area contributed by atoms with Gasteiger partial charge in [0.25, 0.3) is 0 Å². The van der Waals surface area contributed by atoms with Crippen LogP contribution in [0.15, 0.2) is 36.4 Å². The fourth-order valence-electron chi connectivity index (χ4n) is 8.74. The summed E-state index contributed by atoms with van der Waals surface area (Å²) in [7, 11) is 2.19. The summed E-state index contributed by atoms with van der Waals surface area (Å²) in [4.78, 5) is 48.7. The minimum atomic E-state index is -1.01. The number of hydrogen-bond donors (Lipinski definition) is 2. The molecular formula is C37H50ClN5O4. The highest BCUT2D eigenvalue weighted by Crippen LogP contribution is 2.36. The first-order valence-electron chi connectivity index (χ1n) is 17.5. The predicted molar refractivity (Wildman–Crippen MR) is 185 cm³/mol. The first-order valence-corrected chi connectivity index (χ1v) is 17.8. The number of benzene rings is 2. The number of hydrogen-bond acceptors (Lipinski definition) is 4. The normalized spacial score (nSPS) is 24.0. The molecule has 0 bridgehead atoms. The SMILES string of the molecule is Cc1cc(CC(C(=O)N2CCC(C3CCN(C)CC3)CC2)[C@H]2CC(N3CCc4ccccc4NC3=O)CCN2C(=O)O)cc(C)c1Cl. The molecule has 4 amide bonds. The van der Waals surface area contributed by atoms with E-state index in [4.69, 9.17) is 11.6 Å². The van der Waals surface area contributed by atoms with Crippen molar-refractivity contribution in [2.24, 2.45) is 17.8 Å². The van der Waals surface area contributed by atoms with Crippen molar-refractivity contribution < 1.29 is 19.5 Å². The molecule has 9 nitrogen and oxygen atoms in total. The summed E-state index contributed by atoms with van der Waals surface area (Å²) in [5.74, 6) is 0.808. The number of nitrogens with one attached hydrogen (secondary N) is 1. The third-order valence-electron chi connectivity index (χ3n) is 11.5. The molecule has 47 heavy (non-hydrogen) atoms. The van der Waals surface area contributed by atoms with Gasteiger partial charge in [0.1, 0.15) is 0 Å². The predicted octanol–water partition coefficient (Wildman–Crippen LogP) is 6.30. The van der Waals surface area contributed by atoms with Gasteiger partial charge in [-0.05, 0) is 126 Å². The van der Waals surface area contributed by atoms with E-state index < -0.39 is 18.1 Å². The molecule has 0 saturated carbocycles. The number of carboxylic acid groups (broad SMARTS) is 1. The minimum Gasteiger partial charge on any atom is -0.465 e. The molecule has 4 heterocycles. The van der Waals surface area contributed by atoms with Gasteiger partial charge >= 0.3 is 12.1 Å². The molecule has 3 saturated heterocycles. The van der Waals surface area contributed by atoms with Crippen LogP contribution in [0.4, 0.5) is 15.3 Å². The number of halogens is 1. The Morgan fingerprint density at radius 1 is 0.936 bits per heavy atom.